The number of anilines is 2. The zero-order chi connectivity index (χ0) is 26.7. The summed E-state index contributed by atoms with van der Waals surface area (Å²) in [5.74, 6) is -0.375. The SMILES string of the molecule is Cc1cc(NCCOCCOCCOCCOCCOCCN)ccc1C(=O)Nc1ncc([N+](=O)[O-])s1. The molecular weight excluding hydrogens is 506 g/mol. The van der Waals surface area contributed by atoms with Gasteiger partial charge in [0.05, 0.1) is 71.0 Å². The van der Waals surface area contributed by atoms with E-state index < -0.39 is 4.92 Å². The summed E-state index contributed by atoms with van der Waals surface area (Å²) in [6.45, 7) is 7.96. The Bertz CT molecular complexity index is 946. The Morgan fingerprint density at radius 3 is 2.05 bits per heavy atom. The van der Waals surface area contributed by atoms with Crippen molar-refractivity contribution in [2.45, 2.75) is 6.92 Å². The Morgan fingerprint density at radius 1 is 0.973 bits per heavy atom. The third kappa shape index (κ3) is 12.9. The van der Waals surface area contributed by atoms with E-state index in [1.807, 2.05) is 13.0 Å². The van der Waals surface area contributed by atoms with Crippen molar-refractivity contribution >= 4 is 33.1 Å². The fourth-order valence-electron chi connectivity index (χ4n) is 2.93. The molecule has 1 amide bonds. The van der Waals surface area contributed by atoms with Crippen LogP contribution in [0.1, 0.15) is 15.9 Å². The van der Waals surface area contributed by atoms with Crippen LogP contribution in [-0.2, 0) is 23.7 Å². The molecule has 13 nitrogen and oxygen atoms in total. The number of aromatic nitrogens is 1. The van der Waals surface area contributed by atoms with Crippen molar-refractivity contribution in [1.29, 1.82) is 0 Å². The van der Waals surface area contributed by atoms with Crippen LogP contribution in [0.25, 0.3) is 0 Å². The van der Waals surface area contributed by atoms with Crippen LogP contribution in [0, 0.1) is 17.0 Å². The molecule has 1 aromatic heterocycles. The molecule has 0 radical (unpaired) electrons. The number of aryl methyl sites for hydroxylation is 1. The molecule has 1 aromatic carbocycles. The Kier molecular flexibility index (Phi) is 15.3. The fraction of sp³-hybridized carbons (Fsp3) is 0.565. The molecular formula is C23H35N5O8S. The first-order valence-corrected chi connectivity index (χ1v) is 12.7. The number of thiazole rings is 1. The molecule has 0 unspecified atom stereocenters. The van der Waals surface area contributed by atoms with Gasteiger partial charge in [0.1, 0.15) is 6.20 Å². The van der Waals surface area contributed by atoms with Crippen LogP contribution in [-0.4, -0.2) is 95.0 Å². The van der Waals surface area contributed by atoms with E-state index in [1.165, 1.54) is 0 Å². The van der Waals surface area contributed by atoms with Crippen molar-refractivity contribution in [2.24, 2.45) is 5.73 Å². The minimum Gasteiger partial charge on any atom is -0.383 e. The lowest BCUT2D eigenvalue weighted by atomic mass is 10.1. The number of hydrogen-bond acceptors (Lipinski definition) is 12. The summed E-state index contributed by atoms with van der Waals surface area (Å²) in [5.41, 5.74) is 7.39. The minimum atomic E-state index is -0.547. The quantitative estimate of drug-likeness (QED) is 0.120. The predicted octanol–water partition coefficient (Wildman–Crippen LogP) is 2.07. The second-order valence-electron chi connectivity index (χ2n) is 7.52. The molecule has 4 N–H and O–H groups in total. The highest BCUT2D eigenvalue weighted by molar-refractivity contribution is 7.18. The number of nitrogens with two attached hydrogens (primary N) is 1. The number of nitro groups is 1. The molecule has 0 aliphatic rings. The van der Waals surface area contributed by atoms with Gasteiger partial charge in [-0.3, -0.25) is 20.2 Å². The molecule has 0 spiro atoms. The maximum Gasteiger partial charge on any atom is 0.345 e. The van der Waals surface area contributed by atoms with Crippen LogP contribution >= 0.6 is 11.3 Å². The predicted molar refractivity (Wildman–Crippen MR) is 140 cm³/mol. The normalized spacial score (nSPS) is 11.0. The molecule has 0 aliphatic carbocycles. The monoisotopic (exact) mass is 541 g/mol. The molecule has 0 fully saturated rings. The average Bonchev–Trinajstić information content (AvgIpc) is 3.35. The number of ether oxygens (including phenoxy) is 5. The number of amides is 1. The van der Waals surface area contributed by atoms with Crippen molar-refractivity contribution in [3.05, 3.63) is 45.6 Å². The van der Waals surface area contributed by atoms with Gasteiger partial charge in [0.2, 0.25) is 0 Å². The molecule has 206 valence electrons. The van der Waals surface area contributed by atoms with Crippen molar-refractivity contribution < 1.29 is 33.4 Å². The maximum atomic E-state index is 12.5. The van der Waals surface area contributed by atoms with Crippen molar-refractivity contribution in [2.75, 3.05) is 89.8 Å². The number of nitrogens with one attached hydrogen (secondary N) is 2. The average molecular weight is 542 g/mol. The highest BCUT2D eigenvalue weighted by Crippen LogP contribution is 2.26. The van der Waals surface area contributed by atoms with E-state index in [1.54, 1.807) is 12.1 Å². The van der Waals surface area contributed by atoms with Gasteiger partial charge in [-0.05, 0) is 42.0 Å². The van der Waals surface area contributed by atoms with E-state index in [-0.39, 0.29) is 16.0 Å². The van der Waals surface area contributed by atoms with Gasteiger partial charge in [-0.15, -0.1) is 0 Å². The number of nitrogens with zero attached hydrogens (tertiary/aromatic N) is 2. The first-order valence-electron chi connectivity index (χ1n) is 11.9. The number of benzene rings is 1. The van der Waals surface area contributed by atoms with Crippen molar-refractivity contribution in [3.63, 3.8) is 0 Å². The smallest absolute Gasteiger partial charge is 0.345 e. The lowest BCUT2D eigenvalue weighted by Crippen LogP contribution is -2.16. The van der Waals surface area contributed by atoms with E-state index in [2.05, 4.69) is 15.6 Å². The Balaban J connectivity index is 1.48. The largest absolute Gasteiger partial charge is 0.383 e. The molecule has 0 saturated carbocycles. The summed E-state index contributed by atoms with van der Waals surface area (Å²) in [5, 5.41) is 16.6. The van der Waals surface area contributed by atoms with Gasteiger partial charge in [0.15, 0.2) is 5.13 Å². The van der Waals surface area contributed by atoms with Crippen LogP contribution in [0.3, 0.4) is 0 Å². The standard InChI is InChI=1S/C23H35N5O8S/c1-18-16-19(2-3-20(18)22(29)27-23-26-17-21(37-23)28(30)31)25-5-7-33-9-11-35-13-15-36-14-12-34-10-8-32-6-4-24/h2-3,16-17,25H,4-15,24H2,1H3,(H,26,27,29). The van der Waals surface area contributed by atoms with Gasteiger partial charge < -0.3 is 34.7 Å². The van der Waals surface area contributed by atoms with Gasteiger partial charge >= 0.3 is 5.00 Å². The summed E-state index contributed by atoms with van der Waals surface area (Å²) in [7, 11) is 0. The van der Waals surface area contributed by atoms with E-state index in [4.69, 9.17) is 29.4 Å². The summed E-state index contributed by atoms with van der Waals surface area (Å²) in [4.78, 5) is 26.5. The highest BCUT2D eigenvalue weighted by Gasteiger charge is 2.15. The summed E-state index contributed by atoms with van der Waals surface area (Å²) in [6.07, 6.45) is 1.12. The summed E-state index contributed by atoms with van der Waals surface area (Å²) in [6, 6.07) is 5.33. The Hall–Kier alpha value is -2.72. The molecule has 1 heterocycles. The molecule has 0 atom stereocenters. The van der Waals surface area contributed by atoms with Crippen LogP contribution < -0.4 is 16.4 Å². The first kappa shape index (κ1) is 30.5. The summed E-state index contributed by atoms with van der Waals surface area (Å²) < 4.78 is 27.0. The molecule has 14 heteroatoms. The molecule has 2 rings (SSSR count). The van der Waals surface area contributed by atoms with Crippen molar-refractivity contribution in [1.82, 2.24) is 4.98 Å². The number of carbonyl (C=O) groups is 1. The van der Waals surface area contributed by atoms with Crippen LogP contribution in [0.5, 0.6) is 0 Å². The van der Waals surface area contributed by atoms with Gasteiger partial charge in [0, 0.05) is 24.3 Å². The van der Waals surface area contributed by atoms with Crippen LogP contribution in [0.2, 0.25) is 0 Å². The highest BCUT2D eigenvalue weighted by atomic mass is 32.1. The van der Waals surface area contributed by atoms with E-state index in [9.17, 15) is 14.9 Å². The van der Waals surface area contributed by atoms with Crippen molar-refractivity contribution in [3.8, 4) is 0 Å². The van der Waals surface area contributed by atoms with E-state index in [0.717, 1.165) is 28.8 Å². The van der Waals surface area contributed by atoms with Crippen LogP contribution in [0.15, 0.2) is 24.4 Å². The summed E-state index contributed by atoms with van der Waals surface area (Å²) >= 11 is 0.807. The number of carbonyl (C=O) groups excluding carboxylic acids is 1. The van der Waals surface area contributed by atoms with Gasteiger partial charge in [-0.1, -0.05) is 0 Å². The fourth-order valence-corrected chi connectivity index (χ4v) is 3.56. The topological polar surface area (TPSA) is 169 Å². The third-order valence-corrected chi connectivity index (χ3v) is 5.56. The Labute approximate surface area is 219 Å². The van der Waals surface area contributed by atoms with Gasteiger partial charge in [-0.25, -0.2) is 4.98 Å². The van der Waals surface area contributed by atoms with Gasteiger partial charge in [-0.2, -0.15) is 0 Å². The van der Waals surface area contributed by atoms with Gasteiger partial charge in [0.25, 0.3) is 5.91 Å². The first-order chi connectivity index (χ1) is 18.0. The third-order valence-electron chi connectivity index (χ3n) is 4.69. The molecule has 0 aliphatic heterocycles. The maximum absolute atomic E-state index is 12.5. The molecule has 2 aromatic rings. The minimum absolute atomic E-state index is 0.132. The molecule has 0 saturated heterocycles. The molecule has 0 bridgehead atoms. The van der Waals surface area contributed by atoms with E-state index >= 15 is 0 Å². The number of rotatable bonds is 21. The number of hydrogen-bond donors (Lipinski definition) is 3. The zero-order valence-corrected chi connectivity index (χ0v) is 21.8. The lowest BCUT2D eigenvalue weighted by Gasteiger charge is -2.11. The second kappa shape index (κ2) is 18.5. The van der Waals surface area contributed by atoms with Crippen LogP contribution in [0.4, 0.5) is 15.8 Å². The Morgan fingerprint density at radius 2 is 1.54 bits per heavy atom. The van der Waals surface area contributed by atoms with E-state index in [0.29, 0.717) is 84.7 Å². The second-order valence-corrected chi connectivity index (χ2v) is 8.53. The zero-order valence-electron chi connectivity index (χ0n) is 20.9. The lowest BCUT2D eigenvalue weighted by molar-refractivity contribution is -0.380. The molecule has 37 heavy (non-hydrogen) atoms.